The molecule has 0 aliphatic heterocycles. The third-order valence-electron chi connectivity index (χ3n) is 3.76. The monoisotopic (exact) mass is 347 g/mol. The van der Waals surface area contributed by atoms with Crippen LogP contribution in [0.5, 0.6) is 11.5 Å². The molecule has 0 saturated carbocycles. The fourth-order valence-electron chi connectivity index (χ4n) is 2.33. The Hall–Kier alpha value is -2.21. The van der Waals surface area contributed by atoms with Crippen LogP contribution >= 0.6 is 11.3 Å². The first-order valence-electron chi connectivity index (χ1n) is 7.86. The van der Waals surface area contributed by atoms with Gasteiger partial charge in [-0.2, -0.15) is 0 Å². The lowest BCUT2D eigenvalue weighted by Gasteiger charge is -2.13. The number of aliphatic imine (C=N–C) groups is 1. The highest BCUT2D eigenvalue weighted by Gasteiger charge is 2.05. The van der Waals surface area contributed by atoms with E-state index in [4.69, 9.17) is 9.47 Å². The molecule has 6 heteroatoms. The van der Waals surface area contributed by atoms with Crippen molar-refractivity contribution in [2.45, 2.75) is 19.9 Å². The maximum absolute atomic E-state index is 5.34. The number of nitrogens with zero attached hydrogens (tertiary/aromatic N) is 1. The maximum atomic E-state index is 5.34. The van der Waals surface area contributed by atoms with Crippen LogP contribution < -0.4 is 20.1 Å². The van der Waals surface area contributed by atoms with Gasteiger partial charge in [-0.15, -0.1) is 11.3 Å². The van der Waals surface area contributed by atoms with Crippen LogP contribution in [0.15, 0.2) is 34.6 Å². The maximum Gasteiger partial charge on any atom is 0.191 e. The largest absolute Gasteiger partial charge is 0.493 e. The number of thiophene rings is 1. The summed E-state index contributed by atoms with van der Waals surface area (Å²) in [6.45, 7) is 3.71. The van der Waals surface area contributed by atoms with E-state index in [2.05, 4.69) is 34.0 Å². The zero-order valence-electron chi connectivity index (χ0n) is 14.7. The number of guanidine groups is 1. The smallest absolute Gasteiger partial charge is 0.191 e. The van der Waals surface area contributed by atoms with Gasteiger partial charge in [0.05, 0.1) is 20.8 Å². The molecule has 2 rings (SSSR count). The van der Waals surface area contributed by atoms with Crippen LogP contribution in [-0.4, -0.2) is 33.8 Å². The number of ether oxygens (including phenoxy) is 2. The highest BCUT2D eigenvalue weighted by molar-refractivity contribution is 7.10. The summed E-state index contributed by atoms with van der Waals surface area (Å²) in [5.41, 5.74) is 2.50. The first-order chi connectivity index (χ1) is 11.7. The highest BCUT2D eigenvalue weighted by Crippen LogP contribution is 2.27. The van der Waals surface area contributed by atoms with E-state index in [0.29, 0.717) is 0 Å². The van der Waals surface area contributed by atoms with E-state index in [1.807, 2.05) is 18.2 Å². The van der Waals surface area contributed by atoms with Gasteiger partial charge in [-0.25, -0.2) is 0 Å². The lowest BCUT2D eigenvalue weighted by molar-refractivity contribution is 0.354. The summed E-state index contributed by atoms with van der Waals surface area (Å²) in [6, 6.07) is 8.12. The Kier molecular flexibility index (Phi) is 6.93. The van der Waals surface area contributed by atoms with Gasteiger partial charge in [0, 0.05) is 18.5 Å². The van der Waals surface area contributed by atoms with Crippen molar-refractivity contribution in [3.63, 3.8) is 0 Å². The topological polar surface area (TPSA) is 54.9 Å². The fraction of sp³-hybridized carbons (Fsp3) is 0.389. The predicted molar refractivity (Wildman–Crippen MR) is 101 cm³/mol. The Bertz CT molecular complexity index is 683. The molecular formula is C18H25N3O2S. The van der Waals surface area contributed by atoms with Gasteiger partial charge in [0.25, 0.3) is 0 Å². The number of hydrogen-bond donors (Lipinski definition) is 2. The van der Waals surface area contributed by atoms with Crippen LogP contribution in [0, 0.1) is 6.92 Å². The van der Waals surface area contributed by atoms with Gasteiger partial charge in [-0.3, -0.25) is 4.99 Å². The summed E-state index contributed by atoms with van der Waals surface area (Å²) < 4.78 is 10.6. The molecule has 1 aromatic heterocycles. The van der Waals surface area contributed by atoms with Crippen molar-refractivity contribution in [1.82, 2.24) is 10.6 Å². The summed E-state index contributed by atoms with van der Waals surface area (Å²) in [5.74, 6) is 2.31. The minimum atomic E-state index is 0.748. The highest BCUT2D eigenvalue weighted by atomic mass is 32.1. The van der Waals surface area contributed by atoms with Crippen LogP contribution in [0.3, 0.4) is 0 Å². The molecule has 0 amide bonds. The van der Waals surface area contributed by atoms with Crippen molar-refractivity contribution in [1.29, 1.82) is 0 Å². The van der Waals surface area contributed by atoms with Crippen LogP contribution in [0.1, 0.15) is 16.0 Å². The van der Waals surface area contributed by atoms with Crippen molar-refractivity contribution < 1.29 is 9.47 Å². The summed E-state index contributed by atoms with van der Waals surface area (Å²) in [7, 11) is 5.08. The Morgan fingerprint density at radius 1 is 1.12 bits per heavy atom. The number of rotatable bonds is 7. The second kappa shape index (κ2) is 9.17. The number of benzene rings is 1. The van der Waals surface area contributed by atoms with E-state index in [1.165, 1.54) is 16.0 Å². The molecule has 2 aromatic rings. The van der Waals surface area contributed by atoms with E-state index in [1.54, 1.807) is 32.6 Å². The molecule has 1 heterocycles. The normalized spacial score (nSPS) is 11.2. The lowest BCUT2D eigenvalue weighted by atomic mass is 10.1. The van der Waals surface area contributed by atoms with Gasteiger partial charge in [-0.05, 0) is 48.1 Å². The first kappa shape index (κ1) is 18.1. The van der Waals surface area contributed by atoms with E-state index in [-0.39, 0.29) is 0 Å². The molecule has 2 N–H and O–H groups in total. The average molecular weight is 347 g/mol. The van der Waals surface area contributed by atoms with Gasteiger partial charge in [0.1, 0.15) is 0 Å². The molecule has 0 aliphatic rings. The van der Waals surface area contributed by atoms with Gasteiger partial charge in [0.2, 0.25) is 0 Å². The zero-order chi connectivity index (χ0) is 17.4. The molecule has 130 valence electrons. The Labute approximate surface area is 147 Å². The van der Waals surface area contributed by atoms with Crippen molar-refractivity contribution in [3.8, 4) is 11.5 Å². The zero-order valence-corrected chi connectivity index (χ0v) is 15.5. The van der Waals surface area contributed by atoms with Crippen molar-refractivity contribution in [2.24, 2.45) is 4.99 Å². The standard InChI is InChI=1S/C18H25N3O2S/c1-13-8-10-24-17(13)12-21-18(19-2)20-9-7-14-5-6-15(22-3)16(11-14)23-4/h5-6,8,10-11H,7,9,12H2,1-4H3,(H2,19,20,21). The molecule has 5 nitrogen and oxygen atoms in total. The SMILES string of the molecule is CN=C(NCCc1ccc(OC)c(OC)c1)NCc1sccc1C. The molecule has 24 heavy (non-hydrogen) atoms. The summed E-state index contributed by atoms with van der Waals surface area (Å²) in [6.07, 6.45) is 0.874. The van der Waals surface area contributed by atoms with E-state index in [9.17, 15) is 0 Å². The van der Waals surface area contributed by atoms with E-state index < -0.39 is 0 Å². The molecule has 1 aromatic carbocycles. The first-order valence-corrected chi connectivity index (χ1v) is 8.74. The van der Waals surface area contributed by atoms with Gasteiger partial charge < -0.3 is 20.1 Å². The minimum absolute atomic E-state index is 0.748. The summed E-state index contributed by atoms with van der Waals surface area (Å²) >= 11 is 1.76. The Morgan fingerprint density at radius 2 is 1.92 bits per heavy atom. The third-order valence-corrected chi connectivity index (χ3v) is 4.79. The number of aryl methyl sites for hydroxylation is 1. The molecule has 0 radical (unpaired) electrons. The molecule has 0 aliphatic carbocycles. The molecule has 0 bridgehead atoms. The predicted octanol–water partition coefficient (Wildman–Crippen LogP) is 2.98. The van der Waals surface area contributed by atoms with Crippen LogP contribution in [0.2, 0.25) is 0 Å². The van der Waals surface area contributed by atoms with Crippen molar-refractivity contribution >= 4 is 17.3 Å². The second-order valence-corrected chi connectivity index (χ2v) is 6.32. The molecule has 0 spiro atoms. The van der Waals surface area contributed by atoms with Gasteiger partial charge in [0.15, 0.2) is 17.5 Å². The summed E-state index contributed by atoms with van der Waals surface area (Å²) in [4.78, 5) is 5.60. The Balaban J connectivity index is 1.82. The number of hydrogen-bond acceptors (Lipinski definition) is 4. The van der Waals surface area contributed by atoms with Crippen LogP contribution in [0.4, 0.5) is 0 Å². The number of methoxy groups -OCH3 is 2. The summed E-state index contributed by atoms with van der Waals surface area (Å²) in [5, 5.41) is 8.79. The molecular weight excluding hydrogens is 322 g/mol. The van der Waals surface area contributed by atoms with Gasteiger partial charge >= 0.3 is 0 Å². The van der Waals surface area contributed by atoms with E-state index in [0.717, 1.165) is 37.0 Å². The van der Waals surface area contributed by atoms with Gasteiger partial charge in [-0.1, -0.05) is 6.07 Å². The van der Waals surface area contributed by atoms with Crippen molar-refractivity contribution in [3.05, 3.63) is 45.6 Å². The van der Waals surface area contributed by atoms with Crippen LogP contribution in [-0.2, 0) is 13.0 Å². The third kappa shape index (κ3) is 4.89. The second-order valence-electron chi connectivity index (χ2n) is 5.32. The lowest BCUT2D eigenvalue weighted by Crippen LogP contribution is -2.37. The number of nitrogens with one attached hydrogen (secondary N) is 2. The molecule has 0 saturated heterocycles. The van der Waals surface area contributed by atoms with Crippen LogP contribution in [0.25, 0.3) is 0 Å². The average Bonchev–Trinajstić information content (AvgIpc) is 3.02. The van der Waals surface area contributed by atoms with Crippen molar-refractivity contribution in [2.75, 3.05) is 27.8 Å². The molecule has 0 fully saturated rings. The quantitative estimate of drug-likeness (QED) is 0.597. The molecule has 0 unspecified atom stereocenters. The minimum Gasteiger partial charge on any atom is -0.493 e. The molecule has 0 atom stereocenters. The van der Waals surface area contributed by atoms with E-state index >= 15 is 0 Å². The fourth-order valence-corrected chi connectivity index (χ4v) is 3.18. The Morgan fingerprint density at radius 3 is 2.54 bits per heavy atom.